The summed E-state index contributed by atoms with van der Waals surface area (Å²) in [6.45, 7) is 1.54. The molecule has 0 amide bonds. The number of hydrogen-bond donors (Lipinski definition) is 0. The monoisotopic (exact) mass is 101 g/mol. The van der Waals surface area contributed by atoms with Crippen LogP contribution in [0.1, 0.15) is 6.42 Å². The van der Waals surface area contributed by atoms with Crippen LogP contribution in [0.2, 0.25) is 0 Å². The predicted molar refractivity (Wildman–Crippen MR) is 24.5 cm³/mol. The van der Waals surface area contributed by atoms with Crippen molar-refractivity contribution < 1.29 is 9.84 Å². The number of rotatable bonds is 1. The fourth-order valence-electron chi connectivity index (χ4n) is 0.715. The topological polar surface area (TPSA) is 29.1 Å². The fourth-order valence-corrected chi connectivity index (χ4v) is 0.715. The molecule has 0 aromatic heterocycles. The molecule has 0 aliphatic carbocycles. The Kier molecular flexibility index (Phi) is 1.65. The summed E-state index contributed by atoms with van der Waals surface area (Å²) < 4.78 is 4.95. The molecule has 0 bridgehead atoms. The molecule has 1 rings (SSSR count). The highest BCUT2D eigenvalue weighted by Gasteiger charge is 2.13. The number of hydrogen-bond acceptors (Lipinski definition) is 1. The molecule has 41 valence electrons. The van der Waals surface area contributed by atoms with Gasteiger partial charge < -0.3 is 4.74 Å². The Morgan fingerprint density at radius 2 is 2.57 bits per heavy atom. The largest absolute Gasteiger partial charge is 0.381 e. The van der Waals surface area contributed by atoms with E-state index in [1.807, 2.05) is 0 Å². The quantitative estimate of drug-likeness (QED) is 0.471. The molecule has 0 aromatic carbocycles. The van der Waals surface area contributed by atoms with Crippen LogP contribution >= 0.6 is 0 Å². The highest BCUT2D eigenvalue weighted by molar-refractivity contribution is 4.60. The van der Waals surface area contributed by atoms with Gasteiger partial charge in [-0.3, -0.25) is 0 Å². The van der Waals surface area contributed by atoms with Gasteiger partial charge in [0.15, 0.2) is 0 Å². The second-order valence-electron chi connectivity index (χ2n) is 1.90. The van der Waals surface area contributed by atoms with Crippen molar-refractivity contribution >= 4 is 0 Å². The summed E-state index contributed by atoms with van der Waals surface area (Å²) in [4.78, 5) is 0. The molecule has 2 nitrogen and oxygen atoms in total. The van der Waals surface area contributed by atoms with E-state index in [1.54, 1.807) is 0 Å². The zero-order valence-electron chi connectivity index (χ0n) is 4.22. The van der Waals surface area contributed by atoms with Crippen LogP contribution in [-0.4, -0.2) is 19.8 Å². The molecular formula is C5H9O2. The lowest BCUT2D eigenvalue weighted by atomic mass is 10.1. The molecule has 1 aliphatic rings. The summed E-state index contributed by atoms with van der Waals surface area (Å²) >= 11 is 0. The van der Waals surface area contributed by atoms with Crippen molar-refractivity contribution in [1.82, 2.24) is 0 Å². The second kappa shape index (κ2) is 2.28. The highest BCUT2D eigenvalue weighted by atomic mass is 16.5. The van der Waals surface area contributed by atoms with Crippen molar-refractivity contribution in [1.29, 1.82) is 0 Å². The van der Waals surface area contributed by atoms with Gasteiger partial charge in [-0.25, -0.2) is 5.11 Å². The molecule has 0 N–H and O–H groups in total. The Labute approximate surface area is 43.1 Å². The van der Waals surface area contributed by atoms with Crippen molar-refractivity contribution in [2.24, 2.45) is 5.92 Å². The van der Waals surface area contributed by atoms with Crippen molar-refractivity contribution in [2.45, 2.75) is 6.42 Å². The molecule has 1 unspecified atom stereocenters. The standard InChI is InChI=1S/C5H9O2/c6-3-5-1-2-7-4-5/h5H,1-4H2. The fraction of sp³-hybridized carbons (Fsp3) is 1.00. The van der Waals surface area contributed by atoms with Gasteiger partial charge in [0.2, 0.25) is 0 Å². The van der Waals surface area contributed by atoms with Crippen LogP contribution in [-0.2, 0) is 9.84 Å². The summed E-state index contributed by atoms with van der Waals surface area (Å²) in [5.41, 5.74) is 0. The molecule has 0 aromatic rings. The van der Waals surface area contributed by atoms with E-state index >= 15 is 0 Å². The Hall–Kier alpha value is -0.0800. The minimum atomic E-state index is 0.0417. The van der Waals surface area contributed by atoms with Gasteiger partial charge in [-0.2, -0.15) is 0 Å². The SMILES string of the molecule is [O]CC1CCOC1. The van der Waals surface area contributed by atoms with Crippen molar-refractivity contribution in [2.75, 3.05) is 19.8 Å². The lowest BCUT2D eigenvalue weighted by Crippen LogP contribution is -2.02. The highest BCUT2D eigenvalue weighted by Crippen LogP contribution is 2.09. The van der Waals surface area contributed by atoms with E-state index in [-0.39, 0.29) is 6.61 Å². The third kappa shape index (κ3) is 1.14. The minimum absolute atomic E-state index is 0.0417. The number of ether oxygens (including phenoxy) is 1. The van der Waals surface area contributed by atoms with E-state index in [4.69, 9.17) is 4.74 Å². The molecule has 0 saturated carbocycles. The van der Waals surface area contributed by atoms with Gasteiger partial charge >= 0.3 is 0 Å². The first-order valence-electron chi connectivity index (χ1n) is 2.59. The third-order valence-electron chi connectivity index (χ3n) is 1.26. The Morgan fingerprint density at radius 1 is 1.71 bits per heavy atom. The maximum atomic E-state index is 10.1. The van der Waals surface area contributed by atoms with Gasteiger partial charge in [0.1, 0.15) is 0 Å². The van der Waals surface area contributed by atoms with Crippen LogP contribution in [0, 0.1) is 5.92 Å². The Bertz CT molecular complexity index is 48.0. The molecule has 2 heteroatoms. The minimum Gasteiger partial charge on any atom is -0.381 e. The molecule has 1 fully saturated rings. The van der Waals surface area contributed by atoms with Crippen molar-refractivity contribution in [3.8, 4) is 0 Å². The lowest BCUT2D eigenvalue weighted by molar-refractivity contribution is 0.122. The van der Waals surface area contributed by atoms with Gasteiger partial charge in [-0.05, 0) is 6.42 Å². The first kappa shape index (κ1) is 5.06. The zero-order chi connectivity index (χ0) is 5.11. The molecule has 7 heavy (non-hydrogen) atoms. The van der Waals surface area contributed by atoms with E-state index in [9.17, 15) is 5.11 Å². The molecule has 0 spiro atoms. The van der Waals surface area contributed by atoms with E-state index in [1.165, 1.54) is 0 Å². The van der Waals surface area contributed by atoms with Gasteiger partial charge in [-0.15, -0.1) is 0 Å². The summed E-state index contributed by atoms with van der Waals surface area (Å²) in [5.74, 6) is 0.319. The summed E-state index contributed by atoms with van der Waals surface area (Å²) in [7, 11) is 0. The summed E-state index contributed by atoms with van der Waals surface area (Å²) in [5, 5.41) is 10.1. The van der Waals surface area contributed by atoms with Gasteiger partial charge in [0.25, 0.3) is 0 Å². The van der Waals surface area contributed by atoms with E-state index in [0.717, 1.165) is 13.0 Å². The predicted octanol–water partition coefficient (Wildman–Crippen LogP) is 0.453. The molecule has 1 heterocycles. The summed E-state index contributed by atoms with van der Waals surface area (Å²) in [6, 6.07) is 0. The molecule has 1 atom stereocenters. The van der Waals surface area contributed by atoms with Crippen LogP contribution in [0.4, 0.5) is 0 Å². The summed E-state index contributed by atoms with van der Waals surface area (Å²) in [6.07, 6.45) is 0.976. The first-order valence-corrected chi connectivity index (χ1v) is 2.59. The van der Waals surface area contributed by atoms with Gasteiger partial charge in [0.05, 0.1) is 13.2 Å². The van der Waals surface area contributed by atoms with Crippen LogP contribution in [0.15, 0.2) is 0 Å². The van der Waals surface area contributed by atoms with Crippen LogP contribution < -0.4 is 0 Å². The lowest BCUT2D eigenvalue weighted by Gasteiger charge is -1.94. The Balaban J connectivity index is 2.14. The van der Waals surface area contributed by atoms with Gasteiger partial charge in [-0.1, -0.05) is 0 Å². The second-order valence-corrected chi connectivity index (χ2v) is 1.90. The van der Waals surface area contributed by atoms with E-state index < -0.39 is 0 Å². The average Bonchev–Trinajstić information content (AvgIpc) is 2.14. The van der Waals surface area contributed by atoms with Gasteiger partial charge in [0, 0.05) is 12.5 Å². The van der Waals surface area contributed by atoms with Crippen LogP contribution in [0.3, 0.4) is 0 Å². The van der Waals surface area contributed by atoms with Crippen molar-refractivity contribution in [3.05, 3.63) is 0 Å². The third-order valence-corrected chi connectivity index (χ3v) is 1.26. The molecular weight excluding hydrogens is 92.1 g/mol. The van der Waals surface area contributed by atoms with E-state index in [2.05, 4.69) is 0 Å². The maximum absolute atomic E-state index is 10.1. The average molecular weight is 101 g/mol. The Morgan fingerprint density at radius 3 is 2.86 bits per heavy atom. The smallest absolute Gasteiger partial charge is 0.0873 e. The molecule has 1 saturated heterocycles. The van der Waals surface area contributed by atoms with Crippen molar-refractivity contribution in [3.63, 3.8) is 0 Å². The normalized spacial score (nSPS) is 31.3. The zero-order valence-corrected chi connectivity index (χ0v) is 4.22. The molecule has 1 aliphatic heterocycles. The van der Waals surface area contributed by atoms with Crippen LogP contribution in [0.25, 0.3) is 0 Å². The van der Waals surface area contributed by atoms with Crippen LogP contribution in [0.5, 0.6) is 0 Å². The first-order chi connectivity index (χ1) is 3.43. The van der Waals surface area contributed by atoms with E-state index in [0.29, 0.717) is 12.5 Å². The molecule has 1 radical (unpaired) electrons. The maximum Gasteiger partial charge on any atom is 0.0873 e.